The van der Waals surface area contributed by atoms with E-state index in [-0.39, 0.29) is 0 Å². The van der Waals surface area contributed by atoms with Crippen LogP contribution in [0, 0.1) is 22.7 Å². The second kappa shape index (κ2) is 13.6. The molecule has 4 heterocycles. The number of hydrogen-bond acceptors (Lipinski definition) is 5. The smallest absolute Gasteiger partial charge is 0.161 e. The first-order chi connectivity index (χ1) is 30.2. The molecule has 0 N–H and O–H groups in total. The summed E-state index contributed by atoms with van der Waals surface area (Å²) in [5.41, 5.74) is 10.2. The van der Waals surface area contributed by atoms with E-state index >= 15 is 0 Å². The average molecular weight is 795 g/mol. The van der Waals surface area contributed by atoms with Gasteiger partial charge in [-0.25, -0.2) is 9.97 Å². The molecule has 6 nitrogen and oxygen atoms in total. The third-order valence-electron chi connectivity index (χ3n) is 11.8. The van der Waals surface area contributed by atoms with Crippen molar-refractivity contribution in [2.24, 2.45) is 0 Å². The number of para-hydroxylation sites is 3. The van der Waals surface area contributed by atoms with Crippen molar-refractivity contribution < 1.29 is 0 Å². The maximum absolute atomic E-state index is 11.1. The molecule has 0 unspecified atom stereocenters. The van der Waals surface area contributed by atoms with Crippen LogP contribution in [0.25, 0.3) is 109 Å². The molecule has 0 aliphatic heterocycles. The lowest BCUT2D eigenvalue weighted by molar-refractivity contribution is 1.16. The van der Waals surface area contributed by atoms with Crippen LogP contribution in [0.2, 0.25) is 0 Å². The van der Waals surface area contributed by atoms with Crippen molar-refractivity contribution in [1.29, 1.82) is 10.5 Å². The van der Waals surface area contributed by atoms with Crippen molar-refractivity contribution in [3.63, 3.8) is 0 Å². The number of nitriles is 2. The molecule has 0 radical (unpaired) electrons. The lowest BCUT2D eigenvalue weighted by atomic mass is 9.98. The first kappa shape index (κ1) is 34.7. The van der Waals surface area contributed by atoms with Crippen molar-refractivity contribution in [3.8, 4) is 57.4 Å². The number of rotatable bonds is 5. The number of hydrogen-bond donors (Lipinski definition) is 0. The molecular formula is C54H30N6S. The van der Waals surface area contributed by atoms with Gasteiger partial charge in [0.25, 0.3) is 0 Å². The zero-order valence-electron chi connectivity index (χ0n) is 32.4. The molecule has 0 saturated carbocycles. The SMILES string of the molecule is N#Cc1cc(-c2nc(-c3cccc4sc5ccccc5c34)nc(-c3ccccc3)c2C#N)ccc1-n1c2ccccc2c2ccc3c(c4ccccc4n3-c3ccccc3)c21. The van der Waals surface area contributed by atoms with E-state index in [0.717, 1.165) is 81.6 Å². The van der Waals surface area contributed by atoms with Gasteiger partial charge in [-0.1, -0.05) is 127 Å². The topological polar surface area (TPSA) is 83.2 Å². The Labute approximate surface area is 353 Å². The predicted molar refractivity (Wildman–Crippen MR) is 249 cm³/mol. The van der Waals surface area contributed by atoms with Gasteiger partial charge in [-0.15, -0.1) is 11.3 Å². The molecule has 0 bridgehead atoms. The second-order valence-corrected chi connectivity index (χ2v) is 16.2. The van der Waals surface area contributed by atoms with E-state index in [1.165, 1.54) is 4.70 Å². The first-order valence-corrected chi connectivity index (χ1v) is 20.9. The minimum absolute atomic E-state index is 0.348. The molecule has 0 amide bonds. The van der Waals surface area contributed by atoms with Crippen molar-refractivity contribution in [1.82, 2.24) is 19.1 Å². The number of fused-ring (bicyclic) bond motifs is 10. The van der Waals surface area contributed by atoms with E-state index < -0.39 is 0 Å². The van der Waals surface area contributed by atoms with E-state index in [1.807, 2.05) is 66.7 Å². The van der Waals surface area contributed by atoms with Gasteiger partial charge in [0.15, 0.2) is 5.82 Å². The van der Waals surface area contributed by atoms with Gasteiger partial charge in [-0.05, 0) is 54.6 Å². The minimum Gasteiger partial charge on any atom is -0.309 e. The van der Waals surface area contributed by atoms with Crippen LogP contribution in [-0.4, -0.2) is 19.1 Å². The molecule has 0 aliphatic carbocycles. The van der Waals surface area contributed by atoms with Crippen LogP contribution in [0.4, 0.5) is 0 Å². The molecule has 0 fully saturated rings. The van der Waals surface area contributed by atoms with Crippen LogP contribution in [0.1, 0.15) is 11.1 Å². The Kier molecular flexibility index (Phi) is 7.73. The molecule has 4 aromatic heterocycles. The molecular weight excluding hydrogens is 765 g/mol. The highest BCUT2D eigenvalue weighted by Crippen LogP contribution is 2.44. The fourth-order valence-corrected chi connectivity index (χ4v) is 10.4. The second-order valence-electron chi connectivity index (χ2n) is 15.1. The Morgan fingerprint density at radius 3 is 1.89 bits per heavy atom. The summed E-state index contributed by atoms with van der Waals surface area (Å²) in [6.07, 6.45) is 0. The van der Waals surface area contributed by atoms with E-state index in [0.29, 0.717) is 33.9 Å². The number of aromatic nitrogens is 4. The normalized spacial score (nSPS) is 11.6. The molecule has 0 atom stereocenters. The predicted octanol–water partition coefficient (Wildman–Crippen LogP) is 13.8. The molecule has 8 aromatic carbocycles. The molecule has 282 valence electrons. The highest BCUT2D eigenvalue weighted by molar-refractivity contribution is 7.25. The Balaban J connectivity index is 1.13. The summed E-state index contributed by atoms with van der Waals surface area (Å²) in [5, 5.41) is 28.6. The fraction of sp³-hybridized carbons (Fsp3) is 0. The highest BCUT2D eigenvalue weighted by atomic mass is 32.1. The summed E-state index contributed by atoms with van der Waals surface area (Å²) < 4.78 is 6.88. The Morgan fingerprint density at radius 1 is 0.459 bits per heavy atom. The van der Waals surface area contributed by atoms with Gasteiger partial charge in [0.2, 0.25) is 0 Å². The lowest BCUT2D eigenvalue weighted by Gasteiger charge is -2.15. The van der Waals surface area contributed by atoms with Crippen LogP contribution < -0.4 is 0 Å². The van der Waals surface area contributed by atoms with Crippen molar-refractivity contribution in [2.45, 2.75) is 0 Å². The van der Waals surface area contributed by atoms with Gasteiger partial charge >= 0.3 is 0 Å². The van der Waals surface area contributed by atoms with Gasteiger partial charge in [0.1, 0.15) is 17.7 Å². The maximum Gasteiger partial charge on any atom is 0.161 e. The third kappa shape index (κ3) is 5.19. The highest BCUT2D eigenvalue weighted by Gasteiger charge is 2.24. The molecule has 12 rings (SSSR count). The Hall–Kier alpha value is -8.36. The van der Waals surface area contributed by atoms with Gasteiger partial charge in [0, 0.05) is 64.1 Å². The summed E-state index contributed by atoms with van der Waals surface area (Å²) in [6, 6.07) is 67.1. The van der Waals surface area contributed by atoms with Crippen molar-refractivity contribution in [3.05, 3.63) is 193 Å². The number of benzene rings is 8. The van der Waals surface area contributed by atoms with Crippen LogP contribution in [-0.2, 0) is 0 Å². The molecule has 0 saturated heterocycles. The summed E-state index contributed by atoms with van der Waals surface area (Å²) in [4.78, 5) is 10.4. The van der Waals surface area contributed by atoms with Gasteiger partial charge < -0.3 is 9.13 Å². The zero-order chi connectivity index (χ0) is 40.6. The third-order valence-corrected chi connectivity index (χ3v) is 13.0. The van der Waals surface area contributed by atoms with E-state index in [1.54, 1.807) is 11.3 Å². The Bertz CT molecular complexity index is 3840. The van der Waals surface area contributed by atoms with Gasteiger partial charge in [-0.3, -0.25) is 0 Å². The summed E-state index contributed by atoms with van der Waals surface area (Å²) in [6.45, 7) is 0. The lowest BCUT2D eigenvalue weighted by Crippen LogP contribution is -2.03. The quantitative estimate of drug-likeness (QED) is 0.174. The molecule has 0 spiro atoms. The van der Waals surface area contributed by atoms with Crippen LogP contribution >= 0.6 is 11.3 Å². The van der Waals surface area contributed by atoms with E-state index in [4.69, 9.17) is 9.97 Å². The number of thiophene rings is 1. The Morgan fingerprint density at radius 2 is 1.11 bits per heavy atom. The number of nitrogens with zero attached hydrogens (tertiary/aromatic N) is 6. The standard InChI is InChI=1S/C54H30N6S/c55-31-35-30-34(52-42(32-56)51(33-14-3-1-4-15-33)57-54(58-52)41-21-13-25-48-49(41)40-20-9-12-24-47(40)61-48)26-28-43(35)60-44-22-10-7-18-37(44)38-27-29-46-50(53(38)60)39-19-8-11-23-45(39)59(46)36-16-5-2-6-17-36/h1-30H. The largest absolute Gasteiger partial charge is 0.309 e. The van der Waals surface area contributed by atoms with Crippen LogP contribution in [0.3, 0.4) is 0 Å². The first-order valence-electron chi connectivity index (χ1n) is 20.0. The fourth-order valence-electron chi connectivity index (χ4n) is 9.24. The molecule has 61 heavy (non-hydrogen) atoms. The average Bonchev–Trinajstić information content (AvgIpc) is 3.99. The maximum atomic E-state index is 11.1. The summed E-state index contributed by atoms with van der Waals surface area (Å²) in [5.74, 6) is 0.518. The van der Waals surface area contributed by atoms with Gasteiger partial charge in [0.05, 0.1) is 44.7 Å². The zero-order valence-corrected chi connectivity index (χ0v) is 33.2. The summed E-state index contributed by atoms with van der Waals surface area (Å²) in [7, 11) is 0. The van der Waals surface area contributed by atoms with E-state index in [9.17, 15) is 10.5 Å². The van der Waals surface area contributed by atoms with Crippen molar-refractivity contribution in [2.75, 3.05) is 0 Å². The molecule has 12 aromatic rings. The van der Waals surface area contributed by atoms with Crippen LogP contribution in [0.5, 0.6) is 0 Å². The van der Waals surface area contributed by atoms with Crippen LogP contribution in [0.15, 0.2) is 182 Å². The monoisotopic (exact) mass is 794 g/mol. The molecule has 0 aliphatic rings. The molecule has 7 heteroatoms. The summed E-state index contributed by atoms with van der Waals surface area (Å²) >= 11 is 1.74. The van der Waals surface area contributed by atoms with Crippen molar-refractivity contribution >= 4 is 75.1 Å². The minimum atomic E-state index is 0.348. The van der Waals surface area contributed by atoms with E-state index in [2.05, 4.69) is 137 Å². The van der Waals surface area contributed by atoms with Gasteiger partial charge in [-0.2, -0.15) is 10.5 Å².